The molecule has 1 aromatic rings. The van der Waals surface area contributed by atoms with Crippen LogP contribution < -0.4 is 0 Å². The second-order valence-electron chi connectivity index (χ2n) is 7.40. The highest BCUT2D eigenvalue weighted by molar-refractivity contribution is 5.91. The molecule has 0 amide bonds. The lowest BCUT2D eigenvalue weighted by atomic mass is 9.55. The number of aliphatic hydroxyl groups is 1. The van der Waals surface area contributed by atoms with Gasteiger partial charge in [-0.2, -0.15) is 0 Å². The van der Waals surface area contributed by atoms with Crippen LogP contribution in [0.1, 0.15) is 49.7 Å². The van der Waals surface area contributed by atoms with Crippen molar-refractivity contribution < 1.29 is 15.0 Å². The van der Waals surface area contributed by atoms with E-state index in [1.165, 1.54) is 11.1 Å². The fourth-order valence-corrected chi connectivity index (χ4v) is 5.37. The standard InChI is InChI=1S/C18H22O3/c1-18-7-6-13-12-5-3-11(19)8-10(12)2-4-14(13)15(18)9-16(20)17(18)21/h3,5,8,13-16,19-20H,2,4,6-7,9H2,1H3/p+1/t13?,14?,15?,16-,18+/m1/s1. The highest BCUT2D eigenvalue weighted by Gasteiger charge is 2.57. The van der Waals surface area contributed by atoms with Crippen LogP contribution in [0.4, 0.5) is 0 Å². The van der Waals surface area contributed by atoms with Crippen molar-refractivity contribution in [1.29, 1.82) is 0 Å². The van der Waals surface area contributed by atoms with Crippen molar-refractivity contribution in [3.8, 4) is 5.75 Å². The van der Waals surface area contributed by atoms with Gasteiger partial charge in [-0.1, -0.05) is 6.92 Å². The molecule has 3 N–H and O–H groups in total. The Bertz CT molecular complexity index is 608. The van der Waals surface area contributed by atoms with Crippen LogP contribution in [-0.4, -0.2) is 22.1 Å². The first-order chi connectivity index (χ1) is 10.0. The molecule has 5 atom stereocenters. The molecule has 3 heteroatoms. The van der Waals surface area contributed by atoms with Gasteiger partial charge in [-0.05, 0) is 67.1 Å². The third kappa shape index (κ3) is 1.73. The summed E-state index contributed by atoms with van der Waals surface area (Å²) in [5.41, 5.74) is 2.43. The Morgan fingerprint density at radius 3 is 2.95 bits per heavy atom. The summed E-state index contributed by atoms with van der Waals surface area (Å²) in [7, 11) is 0. The van der Waals surface area contributed by atoms with Crippen molar-refractivity contribution in [2.24, 2.45) is 17.3 Å². The number of hydrogen-bond acceptors (Lipinski definition) is 2. The molecule has 4 rings (SSSR count). The van der Waals surface area contributed by atoms with Crippen LogP contribution in [0.3, 0.4) is 0 Å². The number of carbonyl (C=O) groups excluding carboxylic acids is 1. The van der Waals surface area contributed by atoms with Gasteiger partial charge in [0.15, 0.2) is 5.78 Å². The average Bonchev–Trinajstić information content (AvgIpc) is 2.70. The van der Waals surface area contributed by atoms with E-state index in [1.807, 2.05) is 12.1 Å². The quantitative estimate of drug-likeness (QED) is 0.745. The van der Waals surface area contributed by atoms with E-state index in [2.05, 4.69) is 13.0 Å². The molecule has 1 aromatic carbocycles. The fourth-order valence-electron chi connectivity index (χ4n) is 5.37. The van der Waals surface area contributed by atoms with Gasteiger partial charge in [-0.25, -0.2) is 0 Å². The zero-order valence-electron chi connectivity index (χ0n) is 12.4. The van der Waals surface area contributed by atoms with Crippen molar-refractivity contribution in [1.82, 2.24) is 0 Å². The average molecular weight is 287 g/mol. The number of rotatable bonds is 0. The van der Waals surface area contributed by atoms with Crippen LogP contribution in [0.15, 0.2) is 18.2 Å². The molecule has 0 radical (unpaired) electrons. The van der Waals surface area contributed by atoms with Gasteiger partial charge in [0.05, 0.1) is 0 Å². The Labute approximate surface area is 125 Å². The lowest BCUT2D eigenvalue weighted by molar-refractivity contribution is -0.134. The minimum Gasteiger partial charge on any atom is -0.593 e. The van der Waals surface area contributed by atoms with E-state index in [0.717, 1.165) is 25.7 Å². The molecule has 21 heavy (non-hydrogen) atoms. The molecule has 0 aromatic heterocycles. The number of benzene rings is 1. The van der Waals surface area contributed by atoms with Gasteiger partial charge in [0.2, 0.25) is 0 Å². The van der Waals surface area contributed by atoms with Crippen LogP contribution in [0, 0.1) is 17.3 Å². The maximum Gasteiger partial charge on any atom is 0.254 e. The number of aryl methyl sites for hydroxylation is 1. The zero-order chi connectivity index (χ0) is 14.8. The summed E-state index contributed by atoms with van der Waals surface area (Å²) in [6.45, 7) is 2.08. The van der Waals surface area contributed by atoms with Crippen LogP contribution in [-0.2, 0) is 11.2 Å². The number of aliphatic hydroxyl groups excluding tert-OH is 1. The number of fused-ring (bicyclic) bond motifs is 5. The second-order valence-corrected chi connectivity index (χ2v) is 7.40. The predicted molar refractivity (Wildman–Crippen MR) is 80.5 cm³/mol. The zero-order valence-corrected chi connectivity index (χ0v) is 12.4. The number of carbonyl (C=O) groups is 1. The van der Waals surface area contributed by atoms with Gasteiger partial charge in [0.1, 0.15) is 6.10 Å². The minimum atomic E-state index is -0.740. The highest BCUT2D eigenvalue weighted by atomic mass is 16.3. The summed E-state index contributed by atoms with van der Waals surface area (Å²) in [4.78, 5) is 12.4. The summed E-state index contributed by atoms with van der Waals surface area (Å²) in [6, 6.07) is 6.03. The Morgan fingerprint density at radius 2 is 2.14 bits per heavy atom. The maximum atomic E-state index is 12.4. The normalized spacial score (nSPS) is 41.3. The van der Waals surface area contributed by atoms with Crippen molar-refractivity contribution in [2.75, 3.05) is 0 Å². The van der Waals surface area contributed by atoms with Crippen molar-refractivity contribution in [2.45, 2.75) is 51.0 Å². The van der Waals surface area contributed by atoms with Crippen molar-refractivity contribution in [3.05, 3.63) is 29.3 Å². The monoisotopic (exact) mass is 287 g/mol. The van der Waals surface area contributed by atoms with E-state index in [-0.39, 0.29) is 11.2 Å². The van der Waals surface area contributed by atoms with E-state index in [0.29, 0.717) is 29.9 Å². The third-order valence-corrected chi connectivity index (χ3v) is 6.46. The van der Waals surface area contributed by atoms with Gasteiger partial charge >= 0.3 is 0 Å². The fraction of sp³-hybridized carbons (Fsp3) is 0.611. The molecule has 3 unspecified atom stereocenters. The van der Waals surface area contributed by atoms with Gasteiger partial charge < -0.3 is 10.2 Å². The lowest BCUT2D eigenvalue weighted by Gasteiger charge is -2.48. The summed E-state index contributed by atoms with van der Waals surface area (Å²) in [5, 5.41) is 17.8. The summed E-state index contributed by atoms with van der Waals surface area (Å²) in [5.74, 6) is 2.06. The molecule has 112 valence electrons. The molecule has 0 saturated heterocycles. The molecule has 3 nitrogen and oxygen atoms in total. The van der Waals surface area contributed by atoms with Crippen LogP contribution >= 0.6 is 0 Å². The molecule has 3 aliphatic carbocycles. The molecule has 2 fully saturated rings. The van der Waals surface area contributed by atoms with E-state index in [4.69, 9.17) is 5.11 Å². The second kappa shape index (κ2) is 4.33. The first-order valence-electron chi connectivity index (χ1n) is 8.07. The lowest BCUT2D eigenvalue weighted by Crippen LogP contribution is -2.42. The van der Waals surface area contributed by atoms with E-state index >= 15 is 0 Å². The Kier molecular flexibility index (Phi) is 2.74. The summed E-state index contributed by atoms with van der Waals surface area (Å²) in [6.07, 6.45) is 3.97. The van der Waals surface area contributed by atoms with Gasteiger partial charge in [-0.3, -0.25) is 4.79 Å². The minimum absolute atomic E-state index is 0.0817. The van der Waals surface area contributed by atoms with Crippen molar-refractivity contribution in [3.63, 3.8) is 0 Å². The number of hydrogen-bond donors (Lipinski definition) is 1. The smallest absolute Gasteiger partial charge is 0.254 e. The molecule has 0 aliphatic heterocycles. The van der Waals surface area contributed by atoms with E-state index in [1.54, 1.807) is 0 Å². The maximum absolute atomic E-state index is 12.4. The summed E-state index contributed by atoms with van der Waals surface area (Å²) < 4.78 is 0. The van der Waals surface area contributed by atoms with Crippen molar-refractivity contribution >= 4 is 5.78 Å². The van der Waals surface area contributed by atoms with E-state index < -0.39 is 6.10 Å². The molecule has 3 aliphatic rings. The largest absolute Gasteiger partial charge is 0.593 e. The predicted octanol–water partition coefficient (Wildman–Crippen LogP) is 2.52. The van der Waals surface area contributed by atoms with E-state index in [9.17, 15) is 9.90 Å². The Morgan fingerprint density at radius 1 is 1.33 bits per heavy atom. The summed E-state index contributed by atoms with van der Waals surface area (Å²) >= 11 is 0. The van der Waals surface area contributed by atoms with Crippen LogP contribution in [0.25, 0.3) is 0 Å². The Balaban J connectivity index is 1.73. The van der Waals surface area contributed by atoms with Gasteiger partial charge in [0.25, 0.3) is 5.75 Å². The SMILES string of the molecule is C[C@]12CCC3c4ccc([OH2+])cc4CCC3C1C[C@@H](O)C2=O. The third-order valence-electron chi connectivity index (χ3n) is 6.46. The first kappa shape index (κ1) is 13.3. The molecule has 0 bridgehead atoms. The molecular weight excluding hydrogens is 264 g/mol. The Hall–Kier alpha value is -1.35. The number of Topliss-reactive ketones (excluding diaryl/α,β-unsaturated/α-hetero) is 1. The van der Waals surface area contributed by atoms with Crippen LogP contribution in [0.5, 0.6) is 5.75 Å². The molecule has 0 heterocycles. The van der Waals surface area contributed by atoms with Gasteiger partial charge in [0, 0.05) is 17.5 Å². The molecular formula is C18H23O3+. The molecule has 2 saturated carbocycles. The number of ketones is 1. The topological polar surface area (TPSA) is 60.2 Å². The van der Waals surface area contributed by atoms with Crippen LogP contribution in [0.2, 0.25) is 0 Å². The first-order valence-corrected chi connectivity index (χ1v) is 8.07. The van der Waals surface area contributed by atoms with Gasteiger partial charge in [-0.15, -0.1) is 0 Å². The highest BCUT2D eigenvalue weighted by Crippen LogP contribution is 2.59. The molecule has 0 spiro atoms.